The van der Waals surface area contributed by atoms with Crippen molar-refractivity contribution in [2.24, 2.45) is 22.6 Å². The van der Waals surface area contributed by atoms with E-state index in [1.807, 2.05) is 13.8 Å². The van der Waals surface area contributed by atoms with Crippen molar-refractivity contribution in [3.63, 3.8) is 0 Å². The fourth-order valence-electron chi connectivity index (χ4n) is 6.04. The Morgan fingerprint density at radius 1 is 1.15 bits per heavy atom. The van der Waals surface area contributed by atoms with E-state index in [0.717, 1.165) is 4.68 Å². The molecule has 0 bridgehead atoms. The van der Waals surface area contributed by atoms with Gasteiger partial charge in [-0.05, 0) is 75.1 Å². The highest BCUT2D eigenvalue weighted by molar-refractivity contribution is 6.00. The van der Waals surface area contributed by atoms with Gasteiger partial charge in [0.05, 0.1) is 35.0 Å². The van der Waals surface area contributed by atoms with Crippen LogP contribution < -0.4 is 27.8 Å². The van der Waals surface area contributed by atoms with Crippen LogP contribution in [-0.2, 0) is 26.9 Å². The highest BCUT2D eigenvalue weighted by atomic mass is 19.4. The molecule has 0 unspecified atom stereocenters. The van der Waals surface area contributed by atoms with Crippen LogP contribution in [0.5, 0.6) is 0 Å². The van der Waals surface area contributed by atoms with Crippen molar-refractivity contribution >= 4 is 29.3 Å². The fraction of sp³-hybridized carbons (Fsp3) is 0.581. The zero-order valence-electron chi connectivity index (χ0n) is 26.0. The number of nitrogens with two attached hydrogens (primary N) is 3. The van der Waals surface area contributed by atoms with Gasteiger partial charge in [0, 0.05) is 24.7 Å². The molecule has 12 nitrogen and oxygen atoms in total. The number of rotatable bonds is 12. The number of anilines is 1. The average molecular weight is 650 g/mol. The van der Waals surface area contributed by atoms with Gasteiger partial charge in [0.25, 0.3) is 5.91 Å². The number of halogens is 3. The summed E-state index contributed by atoms with van der Waals surface area (Å²) in [7, 11) is 0. The van der Waals surface area contributed by atoms with Crippen LogP contribution in [0.3, 0.4) is 0 Å². The van der Waals surface area contributed by atoms with Gasteiger partial charge in [0.2, 0.25) is 5.91 Å². The molecular formula is C31H42F3N7O5. The summed E-state index contributed by atoms with van der Waals surface area (Å²) in [5, 5.41) is 9.76. The summed E-state index contributed by atoms with van der Waals surface area (Å²) in [4.78, 5) is 49.4. The van der Waals surface area contributed by atoms with E-state index in [4.69, 9.17) is 21.9 Å². The lowest BCUT2D eigenvalue weighted by Gasteiger charge is -2.30. The molecule has 0 aliphatic heterocycles. The van der Waals surface area contributed by atoms with Gasteiger partial charge in [0.1, 0.15) is 6.10 Å². The Morgan fingerprint density at radius 2 is 1.85 bits per heavy atom. The molecule has 2 aromatic rings. The van der Waals surface area contributed by atoms with Gasteiger partial charge in [0.15, 0.2) is 11.5 Å². The number of hydrogen-bond acceptors (Lipinski definition) is 9. The predicted octanol–water partition coefficient (Wildman–Crippen LogP) is 2.98. The number of fused-ring (bicyclic) bond motifs is 1. The summed E-state index contributed by atoms with van der Waals surface area (Å²) >= 11 is 0. The Bertz CT molecular complexity index is 1460. The van der Waals surface area contributed by atoms with Crippen LogP contribution in [0.1, 0.15) is 97.3 Å². The standard InChI is InChI=1S/C31H42F3N7O5/c1-30(2)15-23-26(24(42)16-30)27(31(32,33)34)40-41(23)18-7-10-20(28(37)44)22(14-18)39-17-5-8-19(9-6-17)46-25(43)11-13-38-29(45)21(36)4-3-12-35/h7,10,14,17,19,21,39H,3-6,8-9,11-13,15-16,35-36H2,1-2H3,(H2,37,44)(H,38,45)/t17?,19?,21-/m0/s1. The van der Waals surface area contributed by atoms with Gasteiger partial charge in [-0.25, -0.2) is 4.68 Å². The topological polar surface area (TPSA) is 197 Å². The molecule has 1 saturated carbocycles. The Kier molecular flexibility index (Phi) is 10.8. The monoisotopic (exact) mass is 649 g/mol. The lowest BCUT2D eigenvalue weighted by molar-refractivity contribution is -0.150. The number of carbonyl (C=O) groups excluding carboxylic acids is 4. The molecule has 4 rings (SSSR count). The van der Waals surface area contributed by atoms with E-state index in [9.17, 15) is 32.3 Å². The summed E-state index contributed by atoms with van der Waals surface area (Å²) in [6.45, 7) is 4.17. The third kappa shape index (κ3) is 8.43. The number of amides is 2. The number of aromatic nitrogens is 2. The first-order chi connectivity index (χ1) is 21.6. The smallest absolute Gasteiger partial charge is 0.435 e. The van der Waals surface area contributed by atoms with Crippen LogP contribution in [0.2, 0.25) is 0 Å². The highest BCUT2D eigenvalue weighted by Gasteiger charge is 2.45. The number of alkyl halides is 3. The summed E-state index contributed by atoms with van der Waals surface area (Å²) in [5.41, 5.74) is 15.5. The normalized spacial score (nSPS) is 20.0. The number of benzene rings is 1. The molecule has 2 aliphatic rings. The van der Waals surface area contributed by atoms with Gasteiger partial charge < -0.3 is 32.6 Å². The van der Waals surface area contributed by atoms with Gasteiger partial charge >= 0.3 is 12.1 Å². The van der Waals surface area contributed by atoms with Gasteiger partial charge in [-0.1, -0.05) is 13.8 Å². The molecule has 1 heterocycles. The maximum absolute atomic E-state index is 13.9. The Morgan fingerprint density at radius 3 is 2.48 bits per heavy atom. The minimum absolute atomic E-state index is 0.00173. The van der Waals surface area contributed by atoms with Crippen molar-refractivity contribution < 1.29 is 37.1 Å². The molecule has 0 spiro atoms. The SMILES string of the molecule is CC1(C)CC(=O)c2c(C(F)(F)F)nn(-c3ccc(C(N)=O)c(NC4CCC(OC(=O)CCNC(=O)[C@@H](N)CCCN)CC4)c3)c2C1. The number of carbonyl (C=O) groups is 4. The molecule has 46 heavy (non-hydrogen) atoms. The number of ether oxygens (including phenoxy) is 1. The first-order valence-corrected chi connectivity index (χ1v) is 15.5. The minimum atomic E-state index is -4.82. The van der Waals surface area contributed by atoms with Crippen molar-refractivity contribution in [3.8, 4) is 5.69 Å². The zero-order chi connectivity index (χ0) is 33.8. The molecular weight excluding hydrogens is 607 g/mol. The maximum Gasteiger partial charge on any atom is 0.435 e. The van der Waals surface area contributed by atoms with Crippen molar-refractivity contribution in [3.05, 3.63) is 40.7 Å². The molecule has 0 saturated heterocycles. The second-order valence-corrected chi connectivity index (χ2v) is 12.8. The molecule has 2 aliphatic carbocycles. The average Bonchev–Trinajstić information content (AvgIpc) is 3.36. The van der Waals surface area contributed by atoms with E-state index in [1.165, 1.54) is 18.2 Å². The van der Waals surface area contributed by atoms with E-state index in [1.54, 1.807) is 0 Å². The van der Waals surface area contributed by atoms with Crippen LogP contribution in [-0.4, -0.2) is 64.6 Å². The molecule has 2 amide bonds. The Labute approximate surface area is 264 Å². The lowest BCUT2D eigenvalue weighted by Crippen LogP contribution is -2.41. The maximum atomic E-state index is 13.9. The third-order valence-corrected chi connectivity index (χ3v) is 8.34. The first-order valence-electron chi connectivity index (χ1n) is 15.5. The second kappa shape index (κ2) is 14.2. The second-order valence-electron chi connectivity index (χ2n) is 12.8. The number of ketones is 1. The van der Waals surface area contributed by atoms with Crippen LogP contribution in [0.15, 0.2) is 18.2 Å². The lowest BCUT2D eigenvalue weighted by atomic mass is 9.75. The van der Waals surface area contributed by atoms with Crippen LogP contribution in [0.25, 0.3) is 5.69 Å². The van der Waals surface area contributed by atoms with Crippen molar-refractivity contribution in [2.75, 3.05) is 18.4 Å². The van der Waals surface area contributed by atoms with Crippen LogP contribution in [0.4, 0.5) is 18.9 Å². The fourth-order valence-corrected chi connectivity index (χ4v) is 6.04. The highest BCUT2D eigenvalue weighted by Crippen LogP contribution is 2.42. The third-order valence-electron chi connectivity index (χ3n) is 8.34. The number of nitrogens with one attached hydrogen (secondary N) is 2. The predicted molar refractivity (Wildman–Crippen MR) is 163 cm³/mol. The number of primary amides is 1. The van der Waals surface area contributed by atoms with E-state index >= 15 is 0 Å². The number of nitrogens with zero attached hydrogens (tertiary/aromatic N) is 2. The van der Waals surface area contributed by atoms with Crippen molar-refractivity contribution in [1.82, 2.24) is 15.1 Å². The van der Waals surface area contributed by atoms with E-state index in [0.29, 0.717) is 50.8 Å². The Balaban J connectivity index is 1.41. The zero-order valence-corrected chi connectivity index (χ0v) is 26.0. The minimum Gasteiger partial charge on any atom is -0.462 e. The van der Waals surface area contributed by atoms with Gasteiger partial charge in [-0.15, -0.1) is 0 Å². The molecule has 1 aromatic carbocycles. The number of hydrogen-bond donors (Lipinski definition) is 5. The largest absolute Gasteiger partial charge is 0.462 e. The molecule has 0 radical (unpaired) electrons. The molecule has 252 valence electrons. The van der Waals surface area contributed by atoms with Gasteiger partial charge in [-0.2, -0.15) is 18.3 Å². The van der Waals surface area contributed by atoms with Crippen molar-refractivity contribution in [2.45, 2.75) is 96.0 Å². The molecule has 8 N–H and O–H groups in total. The van der Waals surface area contributed by atoms with Crippen LogP contribution >= 0.6 is 0 Å². The summed E-state index contributed by atoms with van der Waals surface area (Å²) in [6, 6.07) is 3.57. The quantitative estimate of drug-likeness (QED) is 0.215. The summed E-state index contributed by atoms with van der Waals surface area (Å²) < 4.78 is 48.5. The summed E-state index contributed by atoms with van der Waals surface area (Å²) in [6.07, 6.45) is -1.68. The van der Waals surface area contributed by atoms with E-state index < -0.39 is 46.6 Å². The molecule has 15 heteroatoms. The van der Waals surface area contributed by atoms with E-state index in [2.05, 4.69) is 15.7 Å². The van der Waals surface area contributed by atoms with Crippen LogP contribution in [0, 0.1) is 5.41 Å². The van der Waals surface area contributed by atoms with Gasteiger partial charge in [-0.3, -0.25) is 19.2 Å². The van der Waals surface area contributed by atoms with Crippen molar-refractivity contribution in [1.29, 1.82) is 0 Å². The Hall–Kier alpha value is -3.98. The van der Waals surface area contributed by atoms with E-state index in [-0.39, 0.29) is 60.8 Å². The molecule has 1 atom stereocenters. The summed E-state index contributed by atoms with van der Waals surface area (Å²) in [5.74, 6) is -2.13. The molecule has 1 fully saturated rings. The molecule has 1 aromatic heterocycles. The number of esters is 1. The number of Topliss-reactive ketones (excluding diaryl/α,β-unsaturated/α-hetero) is 1. The first kappa shape index (κ1) is 34.9.